The minimum atomic E-state index is -3.55. The summed E-state index contributed by atoms with van der Waals surface area (Å²) in [6, 6.07) is 24.1. The maximum Gasteiger partial charge on any atom is 0.243 e. The minimum absolute atomic E-state index is 0.0966. The fourth-order valence-corrected chi connectivity index (χ4v) is 6.07. The van der Waals surface area contributed by atoms with Crippen LogP contribution in [-0.4, -0.2) is 50.5 Å². The fraction of sp³-hybridized carbons (Fsp3) is 0.375. The molecule has 0 spiro atoms. The molecule has 0 fully saturated rings. The normalized spacial score (nSPS) is 12.0. The lowest BCUT2D eigenvalue weighted by molar-refractivity contribution is -0.141. The van der Waals surface area contributed by atoms with Gasteiger partial charge in [-0.25, -0.2) is 8.42 Å². The van der Waals surface area contributed by atoms with Crippen molar-refractivity contribution in [2.75, 3.05) is 23.7 Å². The summed E-state index contributed by atoms with van der Waals surface area (Å²) in [4.78, 5) is 29.0. The summed E-state index contributed by atoms with van der Waals surface area (Å²) in [5, 5.41) is 2.98. The highest BCUT2D eigenvalue weighted by atomic mass is 79.9. The van der Waals surface area contributed by atoms with Gasteiger partial charge in [0.15, 0.2) is 0 Å². The molecule has 0 heterocycles. The molecule has 0 aliphatic rings. The summed E-state index contributed by atoms with van der Waals surface area (Å²) < 4.78 is 27.5. The molecule has 2 amide bonds. The molecule has 3 aromatic carbocycles. The second kappa shape index (κ2) is 15.7. The third-order valence-electron chi connectivity index (χ3n) is 6.85. The van der Waals surface area contributed by atoms with Gasteiger partial charge in [-0.1, -0.05) is 84.4 Å². The molecule has 0 aromatic heterocycles. The van der Waals surface area contributed by atoms with Crippen molar-refractivity contribution in [2.45, 2.75) is 58.5 Å². The van der Waals surface area contributed by atoms with Crippen LogP contribution in [0.2, 0.25) is 0 Å². The van der Waals surface area contributed by atoms with E-state index in [0.29, 0.717) is 25.1 Å². The van der Waals surface area contributed by atoms with Gasteiger partial charge < -0.3 is 10.2 Å². The average molecular weight is 643 g/mol. The minimum Gasteiger partial charge on any atom is -0.354 e. The molecule has 41 heavy (non-hydrogen) atoms. The van der Waals surface area contributed by atoms with Crippen LogP contribution in [0.25, 0.3) is 0 Å². The summed E-state index contributed by atoms with van der Waals surface area (Å²) in [5.74, 6) is -0.403. The number of nitrogens with one attached hydrogen (secondary N) is 1. The Morgan fingerprint density at radius 2 is 1.59 bits per heavy atom. The lowest BCUT2D eigenvalue weighted by Gasteiger charge is -2.32. The van der Waals surface area contributed by atoms with Crippen LogP contribution in [0.4, 0.5) is 5.69 Å². The summed E-state index contributed by atoms with van der Waals surface area (Å²) in [7, 11) is -3.55. The zero-order valence-corrected chi connectivity index (χ0v) is 26.5. The number of amides is 2. The van der Waals surface area contributed by atoms with E-state index in [4.69, 9.17) is 0 Å². The van der Waals surface area contributed by atoms with Gasteiger partial charge in [0.2, 0.25) is 21.8 Å². The number of sulfonamides is 1. The summed E-state index contributed by atoms with van der Waals surface area (Å²) >= 11 is 3.51. The highest BCUT2D eigenvalue weighted by molar-refractivity contribution is 9.10. The van der Waals surface area contributed by atoms with Gasteiger partial charge in [0.1, 0.15) is 6.04 Å². The van der Waals surface area contributed by atoms with E-state index in [1.807, 2.05) is 80.6 Å². The van der Waals surface area contributed by atoms with E-state index in [0.717, 1.165) is 34.0 Å². The van der Waals surface area contributed by atoms with Crippen LogP contribution in [-0.2, 0) is 39.0 Å². The maximum atomic E-state index is 13.9. The SMILES string of the molecule is CCCNC(=O)[C@@H](Cc1ccccc1)N(Cc1cccc(Br)c1)C(=O)CCCN(c1ccc(CC)cc1)S(C)(=O)=O. The lowest BCUT2D eigenvalue weighted by Crippen LogP contribution is -2.50. The van der Waals surface area contributed by atoms with E-state index in [9.17, 15) is 18.0 Å². The van der Waals surface area contributed by atoms with Gasteiger partial charge in [-0.2, -0.15) is 0 Å². The highest BCUT2D eigenvalue weighted by Crippen LogP contribution is 2.22. The fourth-order valence-electron chi connectivity index (χ4n) is 4.65. The molecule has 3 aromatic rings. The van der Waals surface area contributed by atoms with Crippen LogP contribution in [0.5, 0.6) is 0 Å². The molecule has 0 radical (unpaired) electrons. The smallest absolute Gasteiger partial charge is 0.243 e. The van der Waals surface area contributed by atoms with E-state index in [-0.39, 0.29) is 31.3 Å². The number of hydrogen-bond acceptors (Lipinski definition) is 4. The average Bonchev–Trinajstić information content (AvgIpc) is 2.95. The second-order valence-corrected chi connectivity index (χ2v) is 12.9. The molecule has 0 aliphatic heterocycles. The Balaban J connectivity index is 1.86. The van der Waals surface area contributed by atoms with Crippen LogP contribution in [0.15, 0.2) is 83.3 Å². The van der Waals surface area contributed by atoms with E-state index >= 15 is 0 Å². The molecule has 0 saturated heterocycles. The first-order chi connectivity index (χ1) is 19.6. The van der Waals surface area contributed by atoms with Crippen LogP contribution >= 0.6 is 15.9 Å². The standard InChI is InChI=1S/C32H40BrN3O4S/c1-4-20-34-32(38)30(23-26-11-7-6-8-12-26)35(24-27-13-9-14-28(33)22-27)31(37)15-10-21-36(41(3,39)40)29-18-16-25(5-2)17-19-29/h6-9,11-14,16-19,22,30H,4-5,10,15,20-21,23-24H2,1-3H3,(H,34,38)/t30-/m1/s1. The largest absolute Gasteiger partial charge is 0.354 e. The molecular weight excluding hydrogens is 602 g/mol. The monoisotopic (exact) mass is 641 g/mol. The predicted molar refractivity (Wildman–Crippen MR) is 169 cm³/mol. The maximum absolute atomic E-state index is 13.9. The number of nitrogens with zero attached hydrogens (tertiary/aromatic N) is 2. The zero-order valence-electron chi connectivity index (χ0n) is 24.1. The number of carbonyl (C=O) groups is 2. The Morgan fingerprint density at radius 1 is 0.902 bits per heavy atom. The van der Waals surface area contributed by atoms with Crippen molar-refractivity contribution in [3.8, 4) is 0 Å². The highest BCUT2D eigenvalue weighted by Gasteiger charge is 2.30. The Bertz CT molecular complexity index is 1380. The first-order valence-electron chi connectivity index (χ1n) is 14.0. The number of hydrogen-bond donors (Lipinski definition) is 1. The molecule has 0 aliphatic carbocycles. The van der Waals surface area contributed by atoms with Gasteiger partial charge in [0, 0.05) is 36.9 Å². The number of aryl methyl sites for hydroxylation is 1. The van der Waals surface area contributed by atoms with Gasteiger partial charge in [-0.15, -0.1) is 0 Å². The van der Waals surface area contributed by atoms with Crippen LogP contribution in [0, 0.1) is 0 Å². The van der Waals surface area contributed by atoms with Crippen molar-refractivity contribution in [3.63, 3.8) is 0 Å². The quantitative estimate of drug-likeness (QED) is 0.230. The Kier molecular flexibility index (Phi) is 12.4. The molecule has 0 saturated carbocycles. The molecular formula is C32H40BrN3O4S. The predicted octanol–water partition coefficient (Wildman–Crippen LogP) is 5.72. The number of benzene rings is 3. The van der Waals surface area contributed by atoms with Crippen molar-refractivity contribution in [3.05, 3.63) is 100 Å². The van der Waals surface area contributed by atoms with Gasteiger partial charge in [0.05, 0.1) is 11.9 Å². The first-order valence-corrected chi connectivity index (χ1v) is 16.7. The molecule has 1 N–H and O–H groups in total. The topological polar surface area (TPSA) is 86.8 Å². The molecule has 9 heteroatoms. The molecule has 3 rings (SSSR count). The van der Waals surface area contributed by atoms with E-state index < -0.39 is 16.1 Å². The molecule has 1 atom stereocenters. The first kappa shape index (κ1) is 32.3. The summed E-state index contributed by atoms with van der Waals surface area (Å²) in [6.07, 6.45) is 3.59. The van der Waals surface area contributed by atoms with E-state index in [1.54, 1.807) is 17.0 Å². The lowest BCUT2D eigenvalue weighted by atomic mass is 10.0. The Morgan fingerprint density at radius 3 is 2.20 bits per heavy atom. The number of halogens is 1. The Labute approximate surface area is 253 Å². The van der Waals surface area contributed by atoms with E-state index in [1.165, 1.54) is 10.6 Å². The van der Waals surface area contributed by atoms with Crippen molar-refractivity contribution >= 4 is 43.5 Å². The van der Waals surface area contributed by atoms with Crippen LogP contribution in [0.3, 0.4) is 0 Å². The third kappa shape index (κ3) is 10.0. The van der Waals surface area contributed by atoms with Crippen molar-refractivity contribution in [1.29, 1.82) is 0 Å². The van der Waals surface area contributed by atoms with Crippen molar-refractivity contribution < 1.29 is 18.0 Å². The van der Waals surface area contributed by atoms with Crippen molar-refractivity contribution in [1.82, 2.24) is 10.2 Å². The summed E-state index contributed by atoms with van der Waals surface area (Å²) in [5.41, 5.74) is 3.54. The van der Waals surface area contributed by atoms with Crippen LogP contribution in [0.1, 0.15) is 49.8 Å². The molecule has 0 unspecified atom stereocenters. The third-order valence-corrected chi connectivity index (χ3v) is 8.53. The zero-order chi connectivity index (χ0) is 29.8. The molecule has 220 valence electrons. The number of anilines is 1. The van der Waals surface area contributed by atoms with Crippen LogP contribution < -0.4 is 9.62 Å². The number of carbonyl (C=O) groups excluding carboxylic acids is 2. The number of rotatable bonds is 15. The Hall–Kier alpha value is -3.17. The molecule has 7 nitrogen and oxygen atoms in total. The summed E-state index contributed by atoms with van der Waals surface area (Å²) in [6.45, 7) is 4.96. The van der Waals surface area contributed by atoms with Gasteiger partial charge in [-0.05, 0) is 60.2 Å². The van der Waals surface area contributed by atoms with Crippen molar-refractivity contribution in [2.24, 2.45) is 0 Å². The van der Waals surface area contributed by atoms with Gasteiger partial charge >= 0.3 is 0 Å². The molecule has 0 bridgehead atoms. The second-order valence-electron chi connectivity index (χ2n) is 10.1. The van der Waals surface area contributed by atoms with E-state index in [2.05, 4.69) is 21.2 Å². The van der Waals surface area contributed by atoms with Gasteiger partial charge in [-0.3, -0.25) is 13.9 Å². The van der Waals surface area contributed by atoms with Gasteiger partial charge in [0.25, 0.3) is 0 Å².